The summed E-state index contributed by atoms with van der Waals surface area (Å²) in [5.74, 6) is 0.672. The second-order valence-electron chi connectivity index (χ2n) is 6.28. The van der Waals surface area contributed by atoms with E-state index in [4.69, 9.17) is 14.4 Å². The normalized spacial score (nSPS) is 24.8. The molecule has 5 heteroatoms. The number of hydroxylamine groups is 2. The summed E-state index contributed by atoms with van der Waals surface area (Å²) in [6.07, 6.45) is 2.33. The predicted molar refractivity (Wildman–Crippen MR) is 94.4 cm³/mol. The number of oxime groups is 1. The highest BCUT2D eigenvalue weighted by molar-refractivity contribution is 5.99. The third-order valence-corrected chi connectivity index (χ3v) is 4.53. The first-order chi connectivity index (χ1) is 12.3. The Bertz CT molecular complexity index is 735. The van der Waals surface area contributed by atoms with E-state index in [0.717, 1.165) is 24.0 Å². The fourth-order valence-electron chi connectivity index (χ4n) is 3.19. The monoisotopic (exact) mass is 338 g/mol. The molecule has 0 aromatic heterocycles. The maximum absolute atomic E-state index is 6.11. The zero-order valence-corrected chi connectivity index (χ0v) is 14.3. The molecule has 2 atom stereocenters. The van der Waals surface area contributed by atoms with Gasteiger partial charge in [0.25, 0.3) is 5.72 Å². The first-order valence-corrected chi connectivity index (χ1v) is 8.79. The number of unbranched alkanes of at least 4 members (excludes halogenated alkanes) is 1. The van der Waals surface area contributed by atoms with Crippen LogP contribution in [-0.2, 0) is 20.1 Å². The minimum atomic E-state index is -0.774. The van der Waals surface area contributed by atoms with Gasteiger partial charge in [-0.1, -0.05) is 79.2 Å². The van der Waals surface area contributed by atoms with Crippen LogP contribution in [0.1, 0.15) is 37.3 Å². The summed E-state index contributed by atoms with van der Waals surface area (Å²) in [6.45, 7) is 2.82. The highest BCUT2D eigenvalue weighted by Crippen LogP contribution is 2.46. The second kappa shape index (κ2) is 6.86. The van der Waals surface area contributed by atoms with Crippen molar-refractivity contribution < 1.29 is 14.4 Å². The summed E-state index contributed by atoms with van der Waals surface area (Å²) in [4.78, 5) is 12.1. The summed E-state index contributed by atoms with van der Waals surface area (Å²) in [7, 11) is 0. The molecule has 0 spiro atoms. The molecule has 2 aliphatic heterocycles. The number of amidine groups is 1. The molecule has 2 aromatic rings. The minimum absolute atomic E-state index is 0.346. The van der Waals surface area contributed by atoms with Crippen molar-refractivity contribution in [1.29, 1.82) is 0 Å². The highest BCUT2D eigenvalue weighted by atomic mass is 16.9. The zero-order valence-electron chi connectivity index (χ0n) is 14.3. The van der Waals surface area contributed by atoms with Crippen LogP contribution in [0.2, 0.25) is 0 Å². The number of hydrogen-bond donors (Lipinski definition) is 0. The van der Waals surface area contributed by atoms with Gasteiger partial charge in [-0.15, -0.1) is 0 Å². The van der Waals surface area contributed by atoms with Gasteiger partial charge in [0.15, 0.2) is 6.29 Å². The van der Waals surface area contributed by atoms with Crippen LogP contribution >= 0.6 is 0 Å². The van der Waals surface area contributed by atoms with Gasteiger partial charge in [-0.25, -0.2) is 4.84 Å². The van der Waals surface area contributed by atoms with Crippen LogP contribution in [0, 0.1) is 0 Å². The van der Waals surface area contributed by atoms with E-state index in [1.54, 1.807) is 5.06 Å². The summed E-state index contributed by atoms with van der Waals surface area (Å²) in [6, 6.07) is 20.0. The topological polar surface area (TPSA) is 43.3 Å². The fourth-order valence-corrected chi connectivity index (χ4v) is 3.19. The first kappa shape index (κ1) is 16.1. The Kier molecular flexibility index (Phi) is 4.42. The van der Waals surface area contributed by atoms with Crippen molar-refractivity contribution in [2.45, 2.75) is 38.2 Å². The third kappa shape index (κ3) is 2.90. The van der Waals surface area contributed by atoms with E-state index in [1.165, 1.54) is 0 Å². The van der Waals surface area contributed by atoms with Crippen molar-refractivity contribution >= 4 is 5.84 Å². The lowest BCUT2D eigenvalue weighted by molar-refractivity contribution is -0.238. The van der Waals surface area contributed by atoms with E-state index in [0.29, 0.717) is 18.9 Å². The number of hydrogen-bond acceptors (Lipinski definition) is 5. The van der Waals surface area contributed by atoms with Crippen molar-refractivity contribution in [3.8, 4) is 0 Å². The quantitative estimate of drug-likeness (QED) is 0.747. The van der Waals surface area contributed by atoms with Crippen molar-refractivity contribution in [3.63, 3.8) is 0 Å². The summed E-state index contributed by atoms with van der Waals surface area (Å²) in [5, 5.41) is 6.10. The van der Waals surface area contributed by atoms with E-state index in [-0.39, 0.29) is 6.29 Å². The van der Waals surface area contributed by atoms with E-state index in [1.807, 2.05) is 60.7 Å². The van der Waals surface area contributed by atoms with Gasteiger partial charge in [0.2, 0.25) is 5.84 Å². The molecule has 130 valence electrons. The van der Waals surface area contributed by atoms with Gasteiger partial charge in [-0.3, -0.25) is 0 Å². The molecule has 0 radical (unpaired) electrons. The SMILES string of the molecule is CCCCO[C@H]1C[C@]2(c3ccccc3)ON=C(c3ccccc3)N2O1. The minimum Gasteiger partial charge on any atom is -0.357 e. The predicted octanol–water partition coefficient (Wildman–Crippen LogP) is 4.01. The molecule has 1 saturated heterocycles. The summed E-state index contributed by atoms with van der Waals surface area (Å²) in [5.41, 5.74) is 1.18. The van der Waals surface area contributed by atoms with E-state index >= 15 is 0 Å². The van der Waals surface area contributed by atoms with E-state index < -0.39 is 5.72 Å². The molecule has 0 unspecified atom stereocenters. The van der Waals surface area contributed by atoms with E-state index in [2.05, 4.69) is 12.1 Å². The lowest BCUT2D eigenvalue weighted by Crippen LogP contribution is -2.40. The molecule has 5 nitrogen and oxygen atoms in total. The average molecular weight is 338 g/mol. The van der Waals surface area contributed by atoms with Crippen molar-refractivity contribution in [1.82, 2.24) is 5.06 Å². The van der Waals surface area contributed by atoms with Gasteiger partial charge in [-0.2, -0.15) is 5.06 Å². The Morgan fingerprint density at radius 1 is 1.12 bits per heavy atom. The smallest absolute Gasteiger partial charge is 0.264 e. The van der Waals surface area contributed by atoms with Crippen LogP contribution < -0.4 is 0 Å². The van der Waals surface area contributed by atoms with Gasteiger partial charge in [0, 0.05) is 17.7 Å². The third-order valence-electron chi connectivity index (χ3n) is 4.53. The van der Waals surface area contributed by atoms with Gasteiger partial charge < -0.3 is 9.57 Å². The molecule has 1 fully saturated rings. The average Bonchev–Trinajstić information content (AvgIpc) is 3.20. The maximum Gasteiger partial charge on any atom is 0.264 e. The summed E-state index contributed by atoms with van der Waals surface area (Å²) < 4.78 is 5.91. The molecule has 2 aromatic carbocycles. The molecular formula is C20H22N2O3. The number of nitrogens with zero attached hydrogens (tertiary/aromatic N) is 2. The van der Waals surface area contributed by atoms with Crippen molar-refractivity contribution in [2.24, 2.45) is 5.16 Å². The first-order valence-electron chi connectivity index (χ1n) is 8.79. The molecule has 2 aliphatic rings. The molecule has 25 heavy (non-hydrogen) atoms. The van der Waals surface area contributed by atoms with Crippen LogP contribution in [0.3, 0.4) is 0 Å². The molecular weight excluding hydrogens is 316 g/mol. The number of benzene rings is 2. The van der Waals surface area contributed by atoms with Crippen LogP contribution in [0.15, 0.2) is 65.8 Å². The van der Waals surface area contributed by atoms with Crippen LogP contribution in [0.4, 0.5) is 0 Å². The standard InChI is InChI=1S/C20H22N2O3/c1-2-3-14-23-18-15-20(17-12-8-5-9-13-17)22(24-18)19(21-25-20)16-10-6-4-7-11-16/h4-13,18H,2-3,14-15H2,1H3/t18-,20-/m1/s1. The molecule has 0 N–H and O–H groups in total. The Labute approximate surface area is 147 Å². The number of rotatable bonds is 6. The highest BCUT2D eigenvalue weighted by Gasteiger charge is 2.57. The molecule has 2 heterocycles. The van der Waals surface area contributed by atoms with Crippen LogP contribution in [-0.4, -0.2) is 23.8 Å². The van der Waals surface area contributed by atoms with Crippen molar-refractivity contribution in [3.05, 3.63) is 71.8 Å². The lowest BCUT2D eigenvalue weighted by atomic mass is 9.99. The van der Waals surface area contributed by atoms with Gasteiger partial charge >= 0.3 is 0 Å². The Balaban J connectivity index is 1.64. The fraction of sp³-hybridized carbons (Fsp3) is 0.350. The van der Waals surface area contributed by atoms with Gasteiger partial charge in [0.1, 0.15) is 0 Å². The van der Waals surface area contributed by atoms with Crippen LogP contribution in [0.5, 0.6) is 0 Å². The molecule has 0 saturated carbocycles. The molecule has 0 aliphatic carbocycles. The largest absolute Gasteiger partial charge is 0.357 e. The number of ether oxygens (including phenoxy) is 1. The maximum atomic E-state index is 6.11. The summed E-state index contributed by atoms with van der Waals surface area (Å²) >= 11 is 0. The second-order valence-corrected chi connectivity index (χ2v) is 6.28. The molecule has 4 rings (SSSR count). The lowest BCUT2D eigenvalue weighted by Gasteiger charge is -2.28. The van der Waals surface area contributed by atoms with Gasteiger partial charge in [0.05, 0.1) is 6.42 Å². The molecule has 0 amide bonds. The Hall–Kier alpha value is -2.37. The number of fused-ring (bicyclic) bond motifs is 1. The zero-order chi connectivity index (χ0) is 17.1. The van der Waals surface area contributed by atoms with Crippen LogP contribution in [0.25, 0.3) is 0 Å². The molecule has 0 bridgehead atoms. The Morgan fingerprint density at radius 3 is 2.56 bits per heavy atom. The van der Waals surface area contributed by atoms with E-state index in [9.17, 15) is 0 Å². The Morgan fingerprint density at radius 2 is 1.84 bits per heavy atom. The van der Waals surface area contributed by atoms with Crippen molar-refractivity contribution in [2.75, 3.05) is 6.61 Å². The van der Waals surface area contributed by atoms with Gasteiger partial charge in [-0.05, 0) is 6.42 Å².